The highest BCUT2D eigenvalue weighted by molar-refractivity contribution is 7.10. The van der Waals surface area contributed by atoms with Crippen molar-refractivity contribution < 1.29 is 9.59 Å². The molecule has 1 aromatic carbocycles. The van der Waals surface area contributed by atoms with Crippen LogP contribution in [0.1, 0.15) is 54.3 Å². The Morgan fingerprint density at radius 1 is 1.15 bits per heavy atom. The molecule has 0 radical (unpaired) electrons. The van der Waals surface area contributed by atoms with Crippen molar-refractivity contribution in [2.45, 2.75) is 45.1 Å². The van der Waals surface area contributed by atoms with Crippen LogP contribution in [0.5, 0.6) is 0 Å². The number of carbonyl (C=O) groups is 2. The van der Waals surface area contributed by atoms with Crippen LogP contribution in [0.25, 0.3) is 0 Å². The Morgan fingerprint density at radius 3 is 2.45 bits per heavy atom. The summed E-state index contributed by atoms with van der Waals surface area (Å²) in [7, 11) is 0. The van der Waals surface area contributed by atoms with Gasteiger partial charge in [-0.05, 0) is 80.6 Å². The molecule has 0 aliphatic carbocycles. The van der Waals surface area contributed by atoms with Gasteiger partial charge in [0, 0.05) is 22.0 Å². The van der Waals surface area contributed by atoms with Crippen molar-refractivity contribution in [3.63, 3.8) is 0 Å². The Kier molecular flexibility index (Phi) is 8.58. The molecular weight excluding hydrogens is 432 g/mol. The van der Waals surface area contributed by atoms with Crippen molar-refractivity contribution in [1.29, 1.82) is 5.41 Å². The molecule has 7 heteroatoms. The van der Waals surface area contributed by atoms with Crippen LogP contribution in [0.2, 0.25) is 0 Å². The standard InChI is InChI=1S/C26H30N4O2S/c1-4-22(27)23(17-18(2)24-9-8-16-33-24)29-26(32)20-10-12-21(13-11-20)28-25(31)19(3)30-14-6-5-7-15-30/h1,8-13,16-19,27H,5-7,14-15H2,2-3H3,(H,28,31)(H,29,32)/b23-17+,27-22?. The van der Waals surface area contributed by atoms with Crippen LogP contribution in [0.3, 0.4) is 0 Å². The van der Waals surface area contributed by atoms with Crippen molar-refractivity contribution in [2.75, 3.05) is 18.4 Å². The van der Waals surface area contributed by atoms with Crippen LogP contribution in [0, 0.1) is 17.8 Å². The topological polar surface area (TPSA) is 85.3 Å². The Morgan fingerprint density at radius 2 is 1.85 bits per heavy atom. The fourth-order valence-corrected chi connectivity index (χ4v) is 4.52. The minimum atomic E-state index is -0.362. The first-order valence-corrected chi connectivity index (χ1v) is 12.0. The van der Waals surface area contributed by atoms with E-state index in [-0.39, 0.29) is 29.5 Å². The van der Waals surface area contributed by atoms with E-state index in [0.717, 1.165) is 30.8 Å². The van der Waals surface area contributed by atoms with E-state index in [0.29, 0.717) is 16.9 Å². The van der Waals surface area contributed by atoms with Crippen molar-refractivity contribution in [1.82, 2.24) is 10.2 Å². The highest BCUT2D eigenvalue weighted by Gasteiger charge is 2.23. The molecule has 0 spiro atoms. The average molecular weight is 463 g/mol. The Bertz CT molecular complexity index is 1040. The summed E-state index contributed by atoms with van der Waals surface area (Å²) >= 11 is 1.61. The largest absolute Gasteiger partial charge is 0.325 e. The summed E-state index contributed by atoms with van der Waals surface area (Å²) in [5.41, 5.74) is 1.27. The summed E-state index contributed by atoms with van der Waals surface area (Å²) in [4.78, 5) is 28.7. The third-order valence-corrected chi connectivity index (χ3v) is 6.88. The molecule has 1 aromatic heterocycles. The first-order valence-electron chi connectivity index (χ1n) is 11.2. The van der Waals surface area contributed by atoms with E-state index >= 15 is 0 Å². The van der Waals surface area contributed by atoms with Gasteiger partial charge in [-0.15, -0.1) is 17.8 Å². The van der Waals surface area contributed by atoms with Crippen LogP contribution < -0.4 is 10.6 Å². The molecule has 172 valence electrons. The Hall–Kier alpha value is -3.21. The SMILES string of the molecule is C#CC(=N)/C(=C\C(C)c1cccs1)NC(=O)c1ccc(NC(=O)C(C)N2CCCCC2)cc1. The maximum Gasteiger partial charge on any atom is 0.255 e. The molecular formula is C26H30N4O2S. The molecule has 2 heterocycles. The van der Waals surface area contributed by atoms with Crippen LogP contribution in [-0.2, 0) is 4.79 Å². The second-order valence-corrected chi connectivity index (χ2v) is 9.18. The average Bonchev–Trinajstić information content (AvgIpc) is 3.38. The smallest absolute Gasteiger partial charge is 0.255 e. The zero-order valence-electron chi connectivity index (χ0n) is 19.1. The number of hydrogen-bond acceptors (Lipinski definition) is 5. The van der Waals surface area contributed by atoms with E-state index in [1.807, 2.05) is 31.4 Å². The minimum Gasteiger partial charge on any atom is -0.325 e. The number of rotatable bonds is 8. The van der Waals surface area contributed by atoms with Gasteiger partial charge in [0.2, 0.25) is 5.91 Å². The molecule has 1 aliphatic rings. The van der Waals surface area contributed by atoms with Gasteiger partial charge in [-0.25, -0.2) is 0 Å². The van der Waals surface area contributed by atoms with Gasteiger partial charge in [0.05, 0.1) is 11.7 Å². The zero-order valence-corrected chi connectivity index (χ0v) is 19.9. The molecule has 2 unspecified atom stereocenters. The minimum absolute atomic E-state index is 0.00785. The molecule has 6 nitrogen and oxygen atoms in total. The van der Waals surface area contributed by atoms with Crippen LogP contribution in [0.4, 0.5) is 5.69 Å². The van der Waals surface area contributed by atoms with Crippen LogP contribution in [-0.4, -0.2) is 41.6 Å². The number of thiophene rings is 1. The van der Waals surface area contributed by atoms with Gasteiger partial charge in [0.25, 0.3) is 5.91 Å². The van der Waals surface area contributed by atoms with E-state index in [2.05, 4.69) is 21.5 Å². The summed E-state index contributed by atoms with van der Waals surface area (Å²) in [5, 5.41) is 15.7. The van der Waals surface area contributed by atoms with Crippen molar-refractivity contribution in [2.24, 2.45) is 0 Å². The molecule has 2 aromatic rings. The number of anilines is 1. The number of allylic oxidation sites excluding steroid dienone is 2. The summed E-state index contributed by atoms with van der Waals surface area (Å²) in [6.45, 7) is 5.81. The van der Waals surface area contributed by atoms with Crippen molar-refractivity contribution in [3.05, 3.63) is 64.0 Å². The lowest BCUT2D eigenvalue weighted by Gasteiger charge is -2.31. The summed E-state index contributed by atoms with van der Waals surface area (Å²) in [6.07, 6.45) is 10.7. The second kappa shape index (κ2) is 11.6. The van der Waals surface area contributed by atoms with Gasteiger partial charge >= 0.3 is 0 Å². The molecule has 0 bridgehead atoms. The predicted molar refractivity (Wildman–Crippen MR) is 135 cm³/mol. The van der Waals surface area contributed by atoms with Crippen LogP contribution >= 0.6 is 11.3 Å². The molecule has 0 saturated carbocycles. The lowest BCUT2D eigenvalue weighted by Crippen LogP contribution is -2.44. The first kappa shape index (κ1) is 24.4. The fraction of sp³-hybridized carbons (Fsp3) is 0.346. The second-order valence-electron chi connectivity index (χ2n) is 8.20. The zero-order chi connectivity index (χ0) is 23.8. The highest BCUT2D eigenvalue weighted by atomic mass is 32.1. The number of nitrogens with zero attached hydrogens (tertiary/aromatic N) is 1. The molecule has 1 saturated heterocycles. The number of piperidine rings is 1. The van der Waals surface area contributed by atoms with Gasteiger partial charge in [-0.2, -0.15) is 0 Å². The third kappa shape index (κ3) is 6.64. The van der Waals surface area contributed by atoms with E-state index in [9.17, 15) is 9.59 Å². The summed E-state index contributed by atoms with van der Waals surface area (Å²) in [5.74, 6) is 1.89. The third-order valence-electron chi connectivity index (χ3n) is 5.80. The van der Waals surface area contributed by atoms with Crippen molar-refractivity contribution in [3.8, 4) is 12.3 Å². The monoisotopic (exact) mass is 462 g/mol. The maximum absolute atomic E-state index is 12.8. The van der Waals surface area contributed by atoms with Gasteiger partial charge in [0.1, 0.15) is 5.71 Å². The first-order chi connectivity index (χ1) is 15.9. The Labute approximate surface area is 199 Å². The van der Waals surface area contributed by atoms with Gasteiger partial charge in [0.15, 0.2) is 0 Å². The molecule has 1 aliphatic heterocycles. The van der Waals surface area contributed by atoms with Crippen LogP contribution in [0.15, 0.2) is 53.6 Å². The van der Waals surface area contributed by atoms with Crippen molar-refractivity contribution >= 4 is 34.6 Å². The van der Waals surface area contributed by atoms with Gasteiger partial charge in [-0.3, -0.25) is 19.9 Å². The maximum atomic E-state index is 12.8. The lowest BCUT2D eigenvalue weighted by atomic mass is 10.1. The number of amides is 2. The summed E-state index contributed by atoms with van der Waals surface area (Å²) < 4.78 is 0. The number of benzene rings is 1. The van der Waals surface area contributed by atoms with Gasteiger partial charge in [-0.1, -0.05) is 19.4 Å². The highest BCUT2D eigenvalue weighted by Crippen LogP contribution is 2.23. The van der Waals surface area contributed by atoms with E-state index in [1.54, 1.807) is 41.7 Å². The summed E-state index contributed by atoms with van der Waals surface area (Å²) in [6, 6.07) is 10.5. The molecule has 3 rings (SSSR count). The van der Waals surface area contributed by atoms with Gasteiger partial charge < -0.3 is 10.6 Å². The molecule has 1 fully saturated rings. The fourth-order valence-electron chi connectivity index (χ4n) is 3.77. The van der Waals surface area contributed by atoms with E-state index in [4.69, 9.17) is 11.8 Å². The number of likely N-dealkylation sites (tertiary alicyclic amines) is 1. The Balaban J connectivity index is 1.64. The number of terminal acetylenes is 1. The lowest BCUT2D eigenvalue weighted by molar-refractivity contribution is -0.121. The number of hydrogen-bond donors (Lipinski definition) is 3. The quantitative estimate of drug-likeness (QED) is 0.395. The normalized spacial score (nSPS) is 16.3. The predicted octanol–water partition coefficient (Wildman–Crippen LogP) is 4.63. The molecule has 2 atom stereocenters. The molecule has 33 heavy (non-hydrogen) atoms. The van der Waals surface area contributed by atoms with E-state index < -0.39 is 0 Å². The molecule has 3 N–H and O–H groups in total. The number of nitrogens with one attached hydrogen (secondary N) is 3. The van der Waals surface area contributed by atoms with E-state index in [1.165, 1.54) is 6.42 Å². The molecule has 2 amide bonds. The number of carbonyl (C=O) groups excluding carboxylic acids is 2.